The van der Waals surface area contributed by atoms with Gasteiger partial charge in [-0.1, -0.05) is 49.1 Å². The van der Waals surface area contributed by atoms with Gasteiger partial charge in [0.2, 0.25) is 0 Å². The fourth-order valence-electron chi connectivity index (χ4n) is 2.15. The molecular formula is C27H25CaNaO9. The molecule has 3 aromatic carbocycles. The number of benzene rings is 3. The molecule has 3 aromatic rings. The van der Waals surface area contributed by atoms with Gasteiger partial charge >= 0.3 is 88.0 Å². The summed E-state index contributed by atoms with van der Waals surface area (Å²) in [5, 5.41) is 47.3. The van der Waals surface area contributed by atoms with E-state index in [0.717, 1.165) is 0 Å². The summed E-state index contributed by atoms with van der Waals surface area (Å²) < 4.78 is 5.96. The number of ether oxygens (including phenoxy) is 1. The Balaban J connectivity index is 0. The molecule has 0 unspecified atom stereocenters. The number of phenolic OH excluding ortho intramolecular Hbond substituents is 1. The minimum Gasteiger partial charge on any atom is -0.545 e. The van der Waals surface area contributed by atoms with Crippen LogP contribution in [0.2, 0.25) is 3.67 Å². The molecule has 3 N–H and O–H groups in total. The van der Waals surface area contributed by atoms with Gasteiger partial charge in [0.15, 0.2) is 0 Å². The van der Waals surface area contributed by atoms with Gasteiger partial charge < -0.3 is 39.9 Å². The van der Waals surface area contributed by atoms with E-state index in [1.54, 1.807) is 24.3 Å². The summed E-state index contributed by atoms with van der Waals surface area (Å²) in [6.45, 7) is 7.07. The molecule has 0 saturated carbocycles. The zero-order chi connectivity index (χ0) is 28.2. The smallest absolute Gasteiger partial charge is 0.545 e. The third-order valence-electron chi connectivity index (χ3n) is 3.99. The molecule has 0 fully saturated rings. The Labute approximate surface area is 268 Å². The summed E-state index contributed by atoms with van der Waals surface area (Å²) in [4.78, 5) is 31.5. The van der Waals surface area contributed by atoms with Crippen LogP contribution in [0.4, 0.5) is 0 Å². The molecule has 0 aromatic heterocycles. The standard InChI is InChI=1S/C10H10O3.2C7H6O3.C3H5.Ca.Na/c1-2-7-13-10(12)8-5-3-4-6-9(8)11;2*8-6-4-2-1-3-5(6)7(9)10;1-3-2;;/h2-6,11H,1,7H2;2*1-4,8H,(H,9,10);3H,1-2H2;;/q;;;;+2;/p-2. The Morgan fingerprint density at radius 1 is 0.711 bits per heavy atom. The van der Waals surface area contributed by atoms with Crippen molar-refractivity contribution in [1.82, 2.24) is 0 Å². The van der Waals surface area contributed by atoms with Gasteiger partial charge in [0.25, 0.3) is 0 Å². The van der Waals surface area contributed by atoms with Crippen molar-refractivity contribution in [3.05, 3.63) is 115 Å². The maximum Gasteiger partial charge on any atom is 2.00 e. The molecular weight excluding hydrogens is 531 g/mol. The molecule has 0 aliphatic carbocycles. The number of carbonyl (C=O) groups excluding carboxylic acids is 3. The Morgan fingerprint density at radius 3 is 1.26 bits per heavy atom. The SMILES string of the molecule is C=CCOC(=O)c1ccccc1O.C=C[CH2][Na].O=C([O-])c1ccccc1O.O=C([O-])c1ccccc1O.[Ca+2]. The van der Waals surface area contributed by atoms with Crippen LogP contribution in [-0.4, -0.2) is 106 Å². The van der Waals surface area contributed by atoms with Gasteiger partial charge in [-0.25, -0.2) is 4.79 Å². The minimum absolute atomic E-state index is 0. The summed E-state index contributed by atoms with van der Waals surface area (Å²) >= 11 is 1.27. The molecule has 0 spiro atoms. The number of hydrogen-bond donors (Lipinski definition) is 3. The summed E-state index contributed by atoms with van der Waals surface area (Å²) in [7, 11) is 0. The van der Waals surface area contributed by atoms with Crippen molar-refractivity contribution in [3.63, 3.8) is 0 Å². The van der Waals surface area contributed by atoms with E-state index in [1.807, 2.05) is 6.08 Å². The molecule has 3 rings (SSSR count). The van der Waals surface area contributed by atoms with Crippen LogP contribution in [0.15, 0.2) is 98.1 Å². The molecule has 0 amide bonds. The van der Waals surface area contributed by atoms with Crippen molar-refractivity contribution in [2.24, 2.45) is 0 Å². The van der Waals surface area contributed by atoms with Gasteiger partial charge in [-0.3, -0.25) is 0 Å². The van der Waals surface area contributed by atoms with Crippen molar-refractivity contribution in [1.29, 1.82) is 0 Å². The van der Waals surface area contributed by atoms with Crippen molar-refractivity contribution in [2.45, 2.75) is 3.67 Å². The number of rotatable bonds is 6. The topological polar surface area (TPSA) is 167 Å². The molecule has 0 heterocycles. The summed E-state index contributed by atoms with van der Waals surface area (Å²) in [6, 6.07) is 17.5. The molecule has 190 valence electrons. The molecule has 9 nitrogen and oxygen atoms in total. The van der Waals surface area contributed by atoms with Gasteiger partial charge in [0.1, 0.15) is 29.4 Å². The summed E-state index contributed by atoms with van der Waals surface area (Å²) in [6.07, 6.45) is 3.41. The maximum absolute atomic E-state index is 11.2. The third kappa shape index (κ3) is 15.5. The van der Waals surface area contributed by atoms with E-state index >= 15 is 0 Å². The third-order valence-corrected chi connectivity index (χ3v) is 4.57. The van der Waals surface area contributed by atoms with Crippen LogP contribution in [0.3, 0.4) is 0 Å². The molecule has 0 aliphatic rings. The van der Waals surface area contributed by atoms with Crippen LogP contribution in [0.25, 0.3) is 0 Å². The minimum atomic E-state index is -1.36. The second-order valence-electron chi connectivity index (χ2n) is 6.71. The number of allylic oxidation sites excluding steroid dienone is 1. The second kappa shape index (κ2) is 22.2. The van der Waals surface area contributed by atoms with E-state index in [0.29, 0.717) is 0 Å². The van der Waals surface area contributed by atoms with Gasteiger partial charge in [-0.2, -0.15) is 0 Å². The predicted octanol–water partition coefficient (Wildman–Crippen LogP) is 1.62. The average molecular weight is 557 g/mol. The molecule has 0 aliphatic heterocycles. The van der Waals surface area contributed by atoms with Crippen LogP contribution >= 0.6 is 0 Å². The maximum atomic E-state index is 11.2. The zero-order valence-electron chi connectivity index (χ0n) is 20.9. The van der Waals surface area contributed by atoms with Gasteiger partial charge in [-0.15, -0.1) is 0 Å². The first kappa shape index (κ1) is 37.4. The first-order chi connectivity index (χ1) is 17.6. The Hall–Kier alpha value is -2.79. The van der Waals surface area contributed by atoms with E-state index < -0.39 is 17.9 Å². The number of aromatic hydroxyl groups is 3. The van der Waals surface area contributed by atoms with Crippen LogP contribution in [0.1, 0.15) is 31.1 Å². The largest absolute Gasteiger partial charge is 2.00 e. The monoisotopic (exact) mass is 556 g/mol. The van der Waals surface area contributed by atoms with E-state index in [2.05, 4.69) is 13.2 Å². The first-order valence-corrected chi connectivity index (χ1v) is 12.2. The first-order valence-electron chi connectivity index (χ1n) is 10.8. The van der Waals surface area contributed by atoms with Crippen molar-refractivity contribution >= 4 is 83.6 Å². The fraction of sp³-hybridized carbons (Fsp3) is 0.0741. The van der Waals surface area contributed by atoms with Gasteiger partial charge in [-0.05, 0) is 36.4 Å². The number of esters is 1. The van der Waals surface area contributed by atoms with Crippen molar-refractivity contribution < 1.29 is 44.7 Å². The fourth-order valence-corrected chi connectivity index (χ4v) is 2.15. The number of phenols is 3. The number of hydrogen-bond acceptors (Lipinski definition) is 9. The predicted molar refractivity (Wildman–Crippen MR) is 140 cm³/mol. The van der Waals surface area contributed by atoms with Crippen LogP contribution in [0, 0.1) is 0 Å². The number of carboxylic acids is 2. The molecule has 0 bridgehead atoms. The molecule has 0 radical (unpaired) electrons. The van der Waals surface area contributed by atoms with E-state index in [9.17, 15) is 29.7 Å². The molecule has 11 heteroatoms. The Kier molecular flexibility index (Phi) is 21.8. The summed E-state index contributed by atoms with van der Waals surface area (Å²) in [5.41, 5.74) is -0.186. The molecule has 0 atom stereocenters. The van der Waals surface area contributed by atoms with E-state index in [4.69, 9.17) is 14.9 Å². The number of para-hydroxylation sites is 3. The number of aromatic carboxylic acids is 2. The van der Waals surface area contributed by atoms with E-state index in [1.165, 1.54) is 86.2 Å². The Morgan fingerprint density at radius 2 is 1.03 bits per heavy atom. The van der Waals surface area contributed by atoms with Crippen molar-refractivity contribution in [2.75, 3.05) is 6.61 Å². The number of carbonyl (C=O) groups is 3. The quantitative estimate of drug-likeness (QED) is 0.232. The van der Waals surface area contributed by atoms with Crippen molar-refractivity contribution in [3.8, 4) is 17.2 Å². The normalized spacial score (nSPS) is 8.68. The van der Waals surface area contributed by atoms with Gasteiger partial charge in [0.05, 0.1) is 11.9 Å². The zero-order valence-corrected chi connectivity index (χ0v) is 25.1. The van der Waals surface area contributed by atoms with Gasteiger partial charge in [0, 0.05) is 11.1 Å². The van der Waals surface area contributed by atoms with E-state index in [-0.39, 0.29) is 78.3 Å². The Bertz CT molecular complexity index is 1130. The molecule has 0 saturated heterocycles. The van der Waals surface area contributed by atoms with Crippen LogP contribution < -0.4 is 10.2 Å². The molecule has 38 heavy (non-hydrogen) atoms. The summed E-state index contributed by atoms with van der Waals surface area (Å²) in [5.74, 6) is -3.87. The van der Waals surface area contributed by atoms with Crippen LogP contribution in [-0.2, 0) is 4.74 Å². The second-order valence-corrected chi connectivity index (χ2v) is 7.53. The average Bonchev–Trinajstić information content (AvgIpc) is 2.88. The van der Waals surface area contributed by atoms with Crippen LogP contribution in [0.5, 0.6) is 17.2 Å². The number of carboxylic acid groups (broad SMARTS) is 2.